The van der Waals surface area contributed by atoms with Gasteiger partial charge in [0.15, 0.2) is 0 Å². The quantitative estimate of drug-likeness (QED) is 0.639. The number of nitrogens with zero attached hydrogens (tertiary/aromatic N) is 1. The van der Waals surface area contributed by atoms with Crippen LogP contribution < -0.4 is 5.32 Å². The van der Waals surface area contributed by atoms with Gasteiger partial charge < -0.3 is 5.32 Å². The maximum atomic E-state index is 12.3. The van der Waals surface area contributed by atoms with Gasteiger partial charge in [-0.3, -0.25) is 9.78 Å². The molecule has 0 aliphatic carbocycles. The first-order chi connectivity index (χ1) is 9.65. The average molecular weight is 412 g/mol. The van der Waals surface area contributed by atoms with Gasteiger partial charge in [-0.15, -0.1) is 11.3 Å². The zero-order valence-electron chi connectivity index (χ0n) is 10.1. The standard InChI is InChI=1S/C14H8Br2N2OS/c15-9-7-12(20-13(9)16)14(19)18-11-5-1-4-10-8(11)3-2-6-17-10/h1-7H,(H,18,19). The first kappa shape index (κ1) is 13.7. The second kappa shape index (κ2) is 5.63. The molecule has 3 rings (SSSR count). The molecule has 20 heavy (non-hydrogen) atoms. The van der Waals surface area contributed by atoms with E-state index in [1.54, 1.807) is 12.3 Å². The van der Waals surface area contributed by atoms with Crippen LogP contribution in [-0.4, -0.2) is 10.9 Å². The van der Waals surface area contributed by atoms with E-state index in [1.807, 2.05) is 30.3 Å². The van der Waals surface area contributed by atoms with Gasteiger partial charge in [-0.25, -0.2) is 0 Å². The number of carbonyl (C=O) groups excluding carboxylic acids is 1. The lowest BCUT2D eigenvalue weighted by Crippen LogP contribution is -2.10. The molecule has 1 amide bonds. The van der Waals surface area contributed by atoms with Crippen molar-refractivity contribution >= 4 is 65.7 Å². The number of aromatic nitrogens is 1. The molecule has 0 saturated heterocycles. The summed E-state index contributed by atoms with van der Waals surface area (Å²) in [5.41, 5.74) is 1.63. The summed E-state index contributed by atoms with van der Waals surface area (Å²) in [4.78, 5) is 17.2. The molecule has 0 aliphatic rings. The molecule has 2 heterocycles. The molecule has 0 unspecified atom stereocenters. The van der Waals surface area contributed by atoms with Crippen molar-refractivity contribution in [3.05, 3.63) is 55.7 Å². The smallest absolute Gasteiger partial charge is 0.265 e. The third-order valence-electron chi connectivity index (χ3n) is 2.76. The number of thiophene rings is 1. The number of rotatable bonds is 2. The number of benzene rings is 1. The Kier molecular flexibility index (Phi) is 3.87. The second-order valence-corrected chi connectivity index (χ2v) is 7.29. The molecule has 0 bridgehead atoms. The van der Waals surface area contributed by atoms with Crippen molar-refractivity contribution in [3.63, 3.8) is 0 Å². The highest BCUT2D eigenvalue weighted by molar-refractivity contribution is 9.13. The van der Waals surface area contributed by atoms with Crippen molar-refractivity contribution in [1.29, 1.82) is 0 Å². The molecular formula is C14H8Br2N2OS. The number of halogens is 2. The molecule has 0 radical (unpaired) electrons. The van der Waals surface area contributed by atoms with Crippen LogP contribution in [0.4, 0.5) is 5.69 Å². The van der Waals surface area contributed by atoms with Crippen molar-refractivity contribution in [3.8, 4) is 0 Å². The van der Waals surface area contributed by atoms with Crippen molar-refractivity contribution < 1.29 is 4.79 Å². The molecule has 3 aromatic rings. The van der Waals surface area contributed by atoms with Gasteiger partial charge in [0.25, 0.3) is 5.91 Å². The zero-order chi connectivity index (χ0) is 14.1. The first-order valence-electron chi connectivity index (χ1n) is 5.75. The fourth-order valence-corrected chi connectivity index (χ4v) is 3.79. The lowest BCUT2D eigenvalue weighted by atomic mass is 10.2. The maximum absolute atomic E-state index is 12.3. The number of fused-ring (bicyclic) bond motifs is 1. The minimum absolute atomic E-state index is 0.127. The van der Waals surface area contributed by atoms with Crippen LogP contribution in [0.3, 0.4) is 0 Å². The van der Waals surface area contributed by atoms with Crippen LogP contribution in [0.25, 0.3) is 10.9 Å². The van der Waals surface area contributed by atoms with Gasteiger partial charge in [0.2, 0.25) is 0 Å². The Labute approximate surface area is 136 Å². The fraction of sp³-hybridized carbons (Fsp3) is 0. The summed E-state index contributed by atoms with van der Waals surface area (Å²) in [5.74, 6) is -0.127. The van der Waals surface area contributed by atoms with E-state index >= 15 is 0 Å². The lowest BCUT2D eigenvalue weighted by molar-refractivity contribution is 0.103. The SMILES string of the molecule is O=C(Nc1cccc2ncccc12)c1cc(Br)c(Br)s1. The van der Waals surface area contributed by atoms with Crippen molar-refractivity contribution in [2.24, 2.45) is 0 Å². The fourth-order valence-electron chi connectivity index (χ4n) is 1.85. The lowest BCUT2D eigenvalue weighted by Gasteiger charge is -2.06. The summed E-state index contributed by atoms with van der Waals surface area (Å²) in [6.07, 6.45) is 1.74. The zero-order valence-corrected chi connectivity index (χ0v) is 14.0. The molecule has 100 valence electrons. The van der Waals surface area contributed by atoms with Gasteiger partial charge >= 0.3 is 0 Å². The Morgan fingerprint density at radius 3 is 2.80 bits per heavy atom. The summed E-state index contributed by atoms with van der Waals surface area (Å²) >= 11 is 8.16. The van der Waals surface area contributed by atoms with Crippen LogP contribution in [0.15, 0.2) is 50.9 Å². The topological polar surface area (TPSA) is 42.0 Å². The number of amides is 1. The Balaban J connectivity index is 1.95. The molecule has 0 fully saturated rings. The first-order valence-corrected chi connectivity index (χ1v) is 8.15. The van der Waals surface area contributed by atoms with Crippen LogP contribution in [-0.2, 0) is 0 Å². The highest BCUT2D eigenvalue weighted by Gasteiger charge is 2.13. The van der Waals surface area contributed by atoms with Crippen LogP contribution in [0.2, 0.25) is 0 Å². The summed E-state index contributed by atoms with van der Waals surface area (Å²) in [6, 6.07) is 11.3. The number of nitrogens with one attached hydrogen (secondary N) is 1. The Morgan fingerprint density at radius 1 is 1.20 bits per heavy atom. The molecule has 0 atom stereocenters. The molecule has 1 N–H and O–H groups in total. The molecule has 3 nitrogen and oxygen atoms in total. The van der Waals surface area contributed by atoms with E-state index in [-0.39, 0.29) is 5.91 Å². The second-order valence-electron chi connectivity index (χ2n) is 4.06. The summed E-state index contributed by atoms with van der Waals surface area (Å²) in [6.45, 7) is 0. The largest absolute Gasteiger partial charge is 0.321 e. The third kappa shape index (κ3) is 2.63. The summed E-state index contributed by atoms with van der Waals surface area (Å²) in [7, 11) is 0. The van der Waals surface area contributed by atoms with E-state index in [1.165, 1.54) is 11.3 Å². The van der Waals surface area contributed by atoms with E-state index in [2.05, 4.69) is 42.2 Å². The van der Waals surface area contributed by atoms with E-state index in [4.69, 9.17) is 0 Å². The van der Waals surface area contributed by atoms with E-state index in [0.29, 0.717) is 4.88 Å². The predicted octanol–water partition coefficient (Wildman–Crippen LogP) is 5.07. The van der Waals surface area contributed by atoms with Gasteiger partial charge in [-0.2, -0.15) is 0 Å². The van der Waals surface area contributed by atoms with Gasteiger partial charge in [0, 0.05) is 16.1 Å². The third-order valence-corrected chi connectivity index (χ3v) is 6.02. The number of hydrogen-bond acceptors (Lipinski definition) is 3. The Hall–Kier alpha value is -1.24. The minimum atomic E-state index is -0.127. The maximum Gasteiger partial charge on any atom is 0.265 e. The highest BCUT2D eigenvalue weighted by atomic mass is 79.9. The molecule has 1 aromatic carbocycles. The number of hydrogen-bond donors (Lipinski definition) is 1. The van der Waals surface area contributed by atoms with E-state index in [0.717, 1.165) is 24.8 Å². The Bertz CT molecular complexity index is 776. The van der Waals surface area contributed by atoms with Crippen molar-refractivity contribution in [1.82, 2.24) is 4.98 Å². The molecule has 2 aromatic heterocycles. The van der Waals surface area contributed by atoms with Crippen LogP contribution in [0.5, 0.6) is 0 Å². The van der Waals surface area contributed by atoms with Crippen molar-refractivity contribution in [2.75, 3.05) is 5.32 Å². The van der Waals surface area contributed by atoms with Gasteiger partial charge in [0.05, 0.1) is 19.9 Å². The van der Waals surface area contributed by atoms with Gasteiger partial charge in [-0.1, -0.05) is 6.07 Å². The normalized spacial score (nSPS) is 10.7. The number of carbonyl (C=O) groups is 1. The van der Waals surface area contributed by atoms with E-state index in [9.17, 15) is 4.79 Å². The Morgan fingerprint density at radius 2 is 2.05 bits per heavy atom. The molecule has 6 heteroatoms. The van der Waals surface area contributed by atoms with Gasteiger partial charge in [-0.05, 0) is 62.2 Å². The molecular weight excluding hydrogens is 404 g/mol. The summed E-state index contributed by atoms with van der Waals surface area (Å²) < 4.78 is 1.79. The number of pyridine rings is 1. The van der Waals surface area contributed by atoms with Gasteiger partial charge in [0.1, 0.15) is 0 Å². The van der Waals surface area contributed by atoms with Crippen molar-refractivity contribution in [2.45, 2.75) is 0 Å². The predicted molar refractivity (Wildman–Crippen MR) is 89.4 cm³/mol. The minimum Gasteiger partial charge on any atom is -0.321 e. The highest BCUT2D eigenvalue weighted by Crippen LogP contribution is 2.33. The van der Waals surface area contributed by atoms with Crippen LogP contribution in [0.1, 0.15) is 9.67 Å². The average Bonchev–Trinajstić information content (AvgIpc) is 2.79. The van der Waals surface area contributed by atoms with Crippen LogP contribution >= 0.6 is 43.2 Å². The molecule has 0 saturated carbocycles. The monoisotopic (exact) mass is 410 g/mol. The molecule has 0 spiro atoms. The van der Waals surface area contributed by atoms with Crippen LogP contribution in [0, 0.1) is 0 Å². The summed E-state index contributed by atoms with van der Waals surface area (Å²) in [5, 5.41) is 3.86. The van der Waals surface area contributed by atoms with E-state index < -0.39 is 0 Å². The number of anilines is 1. The molecule has 0 aliphatic heterocycles.